The molecule has 0 heterocycles. The van der Waals surface area contributed by atoms with Gasteiger partial charge in [0.1, 0.15) is 0 Å². The van der Waals surface area contributed by atoms with Gasteiger partial charge in [0.2, 0.25) is 5.91 Å². The highest BCUT2D eigenvalue weighted by Crippen LogP contribution is 2.50. The summed E-state index contributed by atoms with van der Waals surface area (Å²) in [4.78, 5) is 15.1. The molecule has 0 bridgehead atoms. The average molecular weight is 306 g/mol. The highest BCUT2D eigenvalue weighted by molar-refractivity contribution is 6.30. The Morgan fingerprint density at radius 1 is 1.19 bits per heavy atom. The molecule has 0 unspecified atom stereocenters. The topological polar surface area (TPSA) is 20.3 Å². The zero-order valence-corrected chi connectivity index (χ0v) is 13.5. The Bertz CT molecular complexity index is 516. The van der Waals surface area contributed by atoms with Crippen LogP contribution >= 0.6 is 11.6 Å². The van der Waals surface area contributed by atoms with Crippen LogP contribution < -0.4 is 0 Å². The summed E-state index contributed by atoms with van der Waals surface area (Å²) in [7, 11) is 2.00. The number of amides is 1. The van der Waals surface area contributed by atoms with Crippen molar-refractivity contribution in [2.45, 2.75) is 62.8 Å². The van der Waals surface area contributed by atoms with Gasteiger partial charge < -0.3 is 4.90 Å². The van der Waals surface area contributed by atoms with Crippen LogP contribution in [0.15, 0.2) is 24.3 Å². The van der Waals surface area contributed by atoms with Crippen molar-refractivity contribution in [2.75, 3.05) is 7.05 Å². The van der Waals surface area contributed by atoms with Gasteiger partial charge in [-0.3, -0.25) is 4.79 Å². The van der Waals surface area contributed by atoms with Crippen LogP contribution in [0.2, 0.25) is 5.02 Å². The molecule has 2 aliphatic carbocycles. The molecule has 0 aromatic heterocycles. The van der Waals surface area contributed by atoms with E-state index in [1.165, 1.54) is 25.7 Å². The smallest absolute Gasteiger partial charge is 0.233 e. The zero-order chi connectivity index (χ0) is 14.9. The Kier molecular flexibility index (Phi) is 4.26. The first-order chi connectivity index (χ1) is 10.1. The molecule has 0 aliphatic heterocycles. The van der Waals surface area contributed by atoms with Crippen LogP contribution in [-0.4, -0.2) is 23.9 Å². The minimum Gasteiger partial charge on any atom is -0.342 e. The van der Waals surface area contributed by atoms with Crippen molar-refractivity contribution in [3.8, 4) is 0 Å². The number of likely N-dealkylation sites (N-methyl/N-ethyl adjacent to an activating group) is 1. The molecule has 0 saturated heterocycles. The molecule has 2 fully saturated rings. The highest BCUT2D eigenvalue weighted by Gasteiger charge is 2.53. The van der Waals surface area contributed by atoms with Crippen LogP contribution in [0.5, 0.6) is 0 Å². The summed E-state index contributed by atoms with van der Waals surface area (Å²) in [5.74, 6) is 0.302. The summed E-state index contributed by atoms with van der Waals surface area (Å²) in [6.07, 6.45) is 9.39. The lowest BCUT2D eigenvalue weighted by Gasteiger charge is -2.31. The number of benzene rings is 1. The van der Waals surface area contributed by atoms with Gasteiger partial charge in [-0.15, -0.1) is 0 Å². The first-order valence-electron chi connectivity index (χ1n) is 8.17. The molecule has 3 heteroatoms. The van der Waals surface area contributed by atoms with E-state index >= 15 is 0 Å². The number of halogens is 1. The molecule has 1 aromatic rings. The summed E-state index contributed by atoms with van der Waals surface area (Å²) in [5.41, 5.74) is 0.812. The van der Waals surface area contributed by atoms with Crippen LogP contribution in [0.1, 0.15) is 56.9 Å². The van der Waals surface area contributed by atoms with Gasteiger partial charge in [0.25, 0.3) is 0 Å². The fourth-order valence-electron chi connectivity index (χ4n) is 3.69. The van der Waals surface area contributed by atoms with Crippen LogP contribution in [0.25, 0.3) is 0 Å². The van der Waals surface area contributed by atoms with Gasteiger partial charge in [0.05, 0.1) is 5.41 Å². The third-order valence-electron chi connectivity index (χ3n) is 5.23. The first kappa shape index (κ1) is 14.9. The first-order valence-corrected chi connectivity index (χ1v) is 8.55. The number of rotatable bonds is 3. The normalized spacial score (nSPS) is 21.6. The second kappa shape index (κ2) is 6.00. The average Bonchev–Trinajstić information content (AvgIpc) is 3.30. The van der Waals surface area contributed by atoms with Crippen LogP contribution in [0.3, 0.4) is 0 Å². The summed E-state index contributed by atoms with van der Waals surface area (Å²) in [6, 6.07) is 8.28. The Balaban J connectivity index is 1.77. The summed E-state index contributed by atoms with van der Waals surface area (Å²) >= 11 is 6.11. The van der Waals surface area contributed by atoms with Crippen molar-refractivity contribution in [3.63, 3.8) is 0 Å². The molecule has 2 saturated carbocycles. The lowest BCUT2D eigenvalue weighted by Crippen LogP contribution is -2.43. The Hall–Kier alpha value is -1.02. The summed E-state index contributed by atoms with van der Waals surface area (Å²) in [5, 5.41) is 0.726. The predicted molar refractivity (Wildman–Crippen MR) is 86.6 cm³/mol. The molecule has 1 aromatic carbocycles. The van der Waals surface area contributed by atoms with E-state index < -0.39 is 0 Å². The maximum Gasteiger partial charge on any atom is 0.233 e. The van der Waals surface area contributed by atoms with Crippen molar-refractivity contribution in [1.29, 1.82) is 0 Å². The molecular weight excluding hydrogens is 282 g/mol. The van der Waals surface area contributed by atoms with Crippen LogP contribution in [-0.2, 0) is 10.2 Å². The monoisotopic (exact) mass is 305 g/mol. The third-order valence-corrected chi connectivity index (χ3v) is 5.46. The number of carbonyl (C=O) groups excluding carboxylic acids is 1. The third kappa shape index (κ3) is 2.96. The van der Waals surface area contributed by atoms with Crippen molar-refractivity contribution in [2.24, 2.45) is 0 Å². The van der Waals surface area contributed by atoms with Gasteiger partial charge in [-0.25, -0.2) is 0 Å². The van der Waals surface area contributed by atoms with Crippen molar-refractivity contribution in [3.05, 3.63) is 34.9 Å². The van der Waals surface area contributed by atoms with Crippen molar-refractivity contribution in [1.82, 2.24) is 4.90 Å². The van der Waals surface area contributed by atoms with Gasteiger partial charge in [-0.1, -0.05) is 49.4 Å². The van der Waals surface area contributed by atoms with E-state index in [1.54, 1.807) is 0 Å². The minimum absolute atomic E-state index is 0.286. The number of hydrogen-bond donors (Lipinski definition) is 0. The van der Waals surface area contributed by atoms with E-state index in [-0.39, 0.29) is 5.41 Å². The van der Waals surface area contributed by atoms with Gasteiger partial charge in [-0.2, -0.15) is 0 Å². The second-order valence-corrected chi connectivity index (χ2v) is 7.09. The Morgan fingerprint density at radius 2 is 1.86 bits per heavy atom. The molecule has 2 nitrogen and oxygen atoms in total. The van der Waals surface area contributed by atoms with E-state index in [2.05, 4.69) is 6.07 Å². The molecule has 21 heavy (non-hydrogen) atoms. The number of nitrogens with zero attached hydrogens (tertiary/aromatic N) is 1. The van der Waals surface area contributed by atoms with Gasteiger partial charge in [0, 0.05) is 18.1 Å². The SMILES string of the molecule is CN(C(=O)C1(c2cccc(Cl)c2)CC1)C1CCCCCC1. The minimum atomic E-state index is -0.286. The maximum absolute atomic E-state index is 13.0. The maximum atomic E-state index is 13.0. The molecule has 0 atom stereocenters. The largest absolute Gasteiger partial charge is 0.342 e. The van der Waals surface area contributed by atoms with Crippen molar-refractivity contribution < 1.29 is 4.79 Å². The standard InChI is InChI=1S/C18H24ClNO/c1-20(16-9-4-2-3-5-10-16)17(21)18(11-12-18)14-7-6-8-15(19)13-14/h6-8,13,16H,2-5,9-12H2,1H3. The van der Waals surface area contributed by atoms with Gasteiger partial charge in [0.15, 0.2) is 0 Å². The Labute approximate surface area is 132 Å². The zero-order valence-electron chi connectivity index (χ0n) is 12.8. The van der Waals surface area contributed by atoms with E-state index in [9.17, 15) is 4.79 Å². The number of hydrogen-bond acceptors (Lipinski definition) is 1. The molecule has 0 spiro atoms. The molecule has 3 rings (SSSR count). The highest BCUT2D eigenvalue weighted by atomic mass is 35.5. The summed E-state index contributed by atoms with van der Waals surface area (Å²) < 4.78 is 0. The van der Waals surface area contributed by atoms with Gasteiger partial charge >= 0.3 is 0 Å². The molecule has 0 N–H and O–H groups in total. The molecule has 114 valence electrons. The number of carbonyl (C=O) groups is 1. The van der Waals surface area contributed by atoms with E-state index in [0.29, 0.717) is 11.9 Å². The van der Waals surface area contributed by atoms with Gasteiger partial charge in [-0.05, 0) is 43.4 Å². The summed E-state index contributed by atoms with van der Waals surface area (Å²) in [6.45, 7) is 0. The predicted octanol–water partition coefficient (Wildman–Crippen LogP) is 4.55. The molecule has 2 aliphatic rings. The Morgan fingerprint density at radius 3 is 2.43 bits per heavy atom. The molecule has 1 amide bonds. The van der Waals surface area contributed by atoms with Crippen LogP contribution in [0, 0.1) is 0 Å². The van der Waals surface area contributed by atoms with E-state index in [0.717, 1.165) is 36.3 Å². The lowest BCUT2D eigenvalue weighted by atomic mass is 9.93. The lowest BCUT2D eigenvalue weighted by molar-refractivity contribution is -0.135. The van der Waals surface area contributed by atoms with Crippen LogP contribution in [0.4, 0.5) is 0 Å². The molecular formula is C18H24ClNO. The molecule has 0 radical (unpaired) electrons. The quantitative estimate of drug-likeness (QED) is 0.750. The fraction of sp³-hybridized carbons (Fsp3) is 0.611. The fourth-order valence-corrected chi connectivity index (χ4v) is 3.88. The van der Waals surface area contributed by atoms with E-state index in [1.807, 2.05) is 30.1 Å². The van der Waals surface area contributed by atoms with Crippen molar-refractivity contribution >= 4 is 17.5 Å². The second-order valence-electron chi connectivity index (χ2n) is 6.65. The van der Waals surface area contributed by atoms with E-state index in [4.69, 9.17) is 11.6 Å².